The Labute approximate surface area is 213 Å². The van der Waals surface area contributed by atoms with Gasteiger partial charge in [-0.2, -0.15) is 0 Å². The van der Waals surface area contributed by atoms with E-state index >= 15 is 0 Å². The lowest BCUT2D eigenvalue weighted by atomic mass is 10.2. The second kappa shape index (κ2) is 10.5. The first kappa shape index (κ1) is 25.4. The Morgan fingerprint density at radius 2 is 1.94 bits per heavy atom. The Balaban J connectivity index is 1.53. The van der Waals surface area contributed by atoms with Gasteiger partial charge in [-0.25, -0.2) is 9.18 Å². The summed E-state index contributed by atoms with van der Waals surface area (Å²) in [5.74, 6) is 0.399. The van der Waals surface area contributed by atoms with Crippen molar-refractivity contribution >= 4 is 33.3 Å². The smallest absolute Gasteiger partial charge is 0.410 e. The summed E-state index contributed by atoms with van der Waals surface area (Å²) in [5.41, 5.74) is 7.53. The van der Waals surface area contributed by atoms with Crippen LogP contribution in [0, 0.1) is 5.82 Å². The number of carbonyl (C=O) groups excluding carboxylic acids is 1. The van der Waals surface area contributed by atoms with Gasteiger partial charge in [0.2, 0.25) is 0 Å². The second-order valence-corrected chi connectivity index (χ2v) is 10.4. The van der Waals surface area contributed by atoms with E-state index in [0.29, 0.717) is 24.6 Å². The summed E-state index contributed by atoms with van der Waals surface area (Å²) in [5, 5.41) is 0. The van der Waals surface area contributed by atoms with Crippen LogP contribution in [0.2, 0.25) is 0 Å². The molecule has 36 heavy (non-hydrogen) atoms. The number of fused-ring (bicyclic) bond motifs is 1. The lowest BCUT2D eigenvalue weighted by Gasteiger charge is -2.27. The van der Waals surface area contributed by atoms with Crippen LogP contribution in [0.4, 0.5) is 14.9 Å². The average Bonchev–Trinajstić information content (AvgIpc) is 3.26. The highest BCUT2D eigenvalue weighted by atomic mass is 32.1. The Bertz CT molecular complexity index is 1370. The van der Waals surface area contributed by atoms with Gasteiger partial charge < -0.3 is 20.1 Å². The van der Waals surface area contributed by atoms with Crippen LogP contribution >= 0.6 is 11.3 Å². The van der Waals surface area contributed by atoms with Gasteiger partial charge in [0.15, 0.2) is 0 Å². The fourth-order valence-corrected chi connectivity index (χ4v) is 4.58. The second-order valence-electron chi connectivity index (χ2n) is 9.37. The van der Waals surface area contributed by atoms with Crippen molar-refractivity contribution in [3.63, 3.8) is 0 Å². The fraction of sp³-hybridized carbons (Fsp3) is 0.296. The highest BCUT2D eigenvalue weighted by molar-refractivity contribution is 7.22. The van der Waals surface area contributed by atoms with Gasteiger partial charge in [-0.15, -0.1) is 11.3 Å². The molecule has 3 aromatic heterocycles. The summed E-state index contributed by atoms with van der Waals surface area (Å²) >= 11 is 1.49. The van der Waals surface area contributed by atoms with Crippen molar-refractivity contribution in [3.8, 4) is 22.1 Å². The number of hydrogen-bond acceptors (Lipinski definition) is 7. The van der Waals surface area contributed by atoms with Crippen molar-refractivity contribution in [2.24, 2.45) is 0 Å². The number of halogens is 1. The number of aromatic nitrogens is 2. The van der Waals surface area contributed by atoms with Crippen LogP contribution < -0.4 is 10.5 Å². The van der Waals surface area contributed by atoms with Gasteiger partial charge in [0.05, 0.1) is 33.0 Å². The number of pyridine rings is 2. The van der Waals surface area contributed by atoms with Crippen LogP contribution in [0.5, 0.6) is 11.5 Å². The van der Waals surface area contributed by atoms with Crippen molar-refractivity contribution < 1.29 is 18.7 Å². The van der Waals surface area contributed by atoms with Gasteiger partial charge in [0, 0.05) is 31.1 Å². The van der Waals surface area contributed by atoms with Crippen LogP contribution in [-0.4, -0.2) is 33.1 Å². The highest BCUT2D eigenvalue weighted by Gasteiger charge is 2.22. The SMILES string of the molecule is CCCN(Cc1ccc(-c2cc3nccc(Oc4ccc(N)c(F)c4)c3s2)nc1)C(=O)OC(C)(C)C. The molecule has 7 nitrogen and oxygen atoms in total. The van der Waals surface area contributed by atoms with Crippen LogP contribution in [0.15, 0.2) is 54.9 Å². The molecule has 0 atom stereocenters. The molecule has 0 aliphatic rings. The number of nitrogens with zero attached hydrogens (tertiary/aromatic N) is 3. The summed E-state index contributed by atoms with van der Waals surface area (Å²) in [6.07, 6.45) is 3.91. The predicted octanol–water partition coefficient (Wildman–Crippen LogP) is 7.02. The number of benzene rings is 1. The molecule has 2 N–H and O–H groups in total. The maximum Gasteiger partial charge on any atom is 0.410 e. The van der Waals surface area contributed by atoms with Crippen molar-refractivity contribution in [2.75, 3.05) is 12.3 Å². The molecule has 3 heterocycles. The van der Waals surface area contributed by atoms with E-state index in [0.717, 1.165) is 32.8 Å². The largest absolute Gasteiger partial charge is 0.456 e. The quantitative estimate of drug-likeness (QED) is 0.270. The first-order valence-corrected chi connectivity index (χ1v) is 12.5. The van der Waals surface area contributed by atoms with E-state index < -0.39 is 11.4 Å². The van der Waals surface area contributed by atoms with Gasteiger partial charge in [-0.3, -0.25) is 9.97 Å². The molecule has 1 amide bonds. The molecule has 0 saturated heterocycles. The standard InChI is InChI=1S/C27H29FN4O3S/c1-5-12-32(26(33)35-27(2,3)4)16-17-6-9-21(31-15-17)24-14-22-25(36-24)23(10-11-30-22)34-18-7-8-20(29)19(28)13-18/h6-11,13-15H,5,12,16,29H2,1-4H3. The van der Waals surface area contributed by atoms with E-state index in [4.69, 9.17) is 15.2 Å². The molecule has 0 radical (unpaired) electrons. The Kier molecular flexibility index (Phi) is 7.40. The number of thiophene rings is 1. The number of carbonyl (C=O) groups is 1. The van der Waals surface area contributed by atoms with Gasteiger partial charge in [0.1, 0.15) is 22.9 Å². The predicted molar refractivity (Wildman–Crippen MR) is 141 cm³/mol. The summed E-state index contributed by atoms with van der Waals surface area (Å²) in [6.45, 7) is 8.61. The molecule has 9 heteroatoms. The van der Waals surface area contributed by atoms with Gasteiger partial charge >= 0.3 is 6.09 Å². The highest BCUT2D eigenvalue weighted by Crippen LogP contribution is 2.38. The number of ether oxygens (including phenoxy) is 2. The van der Waals surface area contributed by atoms with Crippen molar-refractivity contribution in [1.29, 1.82) is 0 Å². The van der Waals surface area contributed by atoms with Crippen LogP contribution in [0.1, 0.15) is 39.7 Å². The molecule has 0 aliphatic heterocycles. The van der Waals surface area contributed by atoms with E-state index in [9.17, 15) is 9.18 Å². The molecule has 0 unspecified atom stereocenters. The molecular weight excluding hydrogens is 479 g/mol. The Morgan fingerprint density at radius 1 is 1.14 bits per heavy atom. The van der Waals surface area contributed by atoms with Gasteiger partial charge in [0.25, 0.3) is 0 Å². The minimum absolute atomic E-state index is 0.0686. The normalized spacial score (nSPS) is 11.5. The molecule has 4 aromatic rings. The molecular formula is C27H29FN4O3S. The number of amides is 1. The van der Waals surface area contributed by atoms with Gasteiger partial charge in [-0.05, 0) is 57.0 Å². The number of anilines is 1. The molecule has 188 valence electrons. The maximum absolute atomic E-state index is 13.8. The third-order valence-corrected chi connectivity index (χ3v) is 6.33. The number of nitrogens with two attached hydrogens (primary N) is 1. The van der Waals surface area contributed by atoms with E-state index in [2.05, 4.69) is 9.97 Å². The van der Waals surface area contributed by atoms with E-state index in [1.54, 1.807) is 29.4 Å². The van der Waals surface area contributed by atoms with Gasteiger partial charge in [-0.1, -0.05) is 13.0 Å². The van der Waals surface area contributed by atoms with E-state index in [1.165, 1.54) is 23.5 Å². The first-order valence-electron chi connectivity index (χ1n) is 11.7. The van der Waals surface area contributed by atoms with E-state index in [1.807, 2.05) is 45.9 Å². The molecule has 0 fully saturated rings. The maximum atomic E-state index is 13.8. The molecule has 0 aliphatic carbocycles. The zero-order valence-electron chi connectivity index (χ0n) is 20.7. The first-order chi connectivity index (χ1) is 17.1. The molecule has 0 saturated carbocycles. The minimum Gasteiger partial charge on any atom is -0.456 e. The third kappa shape index (κ3) is 6.09. The third-order valence-electron chi connectivity index (χ3n) is 5.17. The summed E-state index contributed by atoms with van der Waals surface area (Å²) in [4.78, 5) is 24.2. The zero-order valence-corrected chi connectivity index (χ0v) is 21.6. The lowest BCUT2D eigenvalue weighted by Crippen LogP contribution is -2.36. The molecule has 0 spiro atoms. The summed E-state index contributed by atoms with van der Waals surface area (Å²) in [6, 6.07) is 11.9. The number of rotatable bonds is 7. The van der Waals surface area contributed by atoms with E-state index in [-0.39, 0.29) is 11.8 Å². The van der Waals surface area contributed by atoms with Crippen molar-refractivity contribution in [1.82, 2.24) is 14.9 Å². The summed E-state index contributed by atoms with van der Waals surface area (Å²) < 4.78 is 26.1. The Hall–Kier alpha value is -3.72. The van der Waals surface area contributed by atoms with Crippen LogP contribution in [0.3, 0.4) is 0 Å². The number of nitrogen functional groups attached to an aromatic ring is 1. The lowest BCUT2D eigenvalue weighted by molar-refractivity contribution is 0.0233. The average molecular weight is 509 g/mol. The monoisotopic (exact) mass is 508 g/mol. The summed E-state index contributed by atoms with van der Waals surface area (Å²) in [7, 11) is 0. The molecule has 1 aromatic carbocycles. The van der Waals surface area contributed by atoms with Crippen molar-refractivity contribution in [3.05, 3.63) is 66.2 Å². The molecule has 4 rings (SSSR count). The minimum atomic E-state index is -0.551. The van der Waals surface area contributed by atoms with Crippen molar-refractivity contribution in [2.45, 2.75) is 46.3 Å². The van der Waals surface area contributed by atoms with Crippen LogP contribution in [0.25, 0.3) is 20.8 Å². The Morgan fingerprint density at radius 3 is 2.61 bits per heavy atom. The van der Waals surface area contributed by atoms with Crippen LogP contribution in [-0.2, 0) is 11.3 Å². The molecule has 0 bridgehead atoms. The number of hydrogen-bond donors (Lipinski definition) is 1. The fourth-order valence-electron chi connectivity index (χ4n) is 3.54. The zero-order chi connectivity index (χ0) is 25.9. The topological polar surface area (TPSA) is 90.6 Å².